The number of rotatable bonds is 3. The average molecular weight is 473 g/mol. The van der Waals surface area contributed by atoms with Crippen LogP contribution in [0.25, 0.3) is 0 Å². The lowest BCUT2D eigenvalue weighted by molar-refractivity contribution is -0.120. The first-order valence-electron chi connectivity index (χ1n) is 9.19. The summed E-state index contributed by atoms with van der Waals surface area (Å²) in [4.78, 5) is 26.9. The standard InChI is InChI=1S/C21H18BrFN4O3/c1-26-18-9-15(22)4-7-19(18)30-12-17(20(26)28)25-21(29)27-11-14(10-24-27)8-13-2-5-16(23)6-3-13/h2-7,9-11,17H,8,12H2,1H3,(H,25,29)/t17-/m0/s1. The second-order valence-electron chi connectivity index (χ2n) is 6.92. The van der Waals surface area contributed by atoms with Crippen molar-refractivity contribution >= 4 is 33.6 Å². The Morgan fingerprint density at radius 3 is 2.80 bits per heavy atom. The number of ether oxygens (including phenoxy) is 1. The Bertz CT molecular complexity index is 1100. The van der Waals surface area contributed by atoms with Crippen LogP contribution in [0.1, 0.15) is 11.1 Å². The number of nitrogens with one attached hydrogen (secondary N) is 1. The van der Waals surface area contributed by atoms with E-state index in [1.165, 1.54) is 17.0 Å². The van der Waals surface area contributed by atoms with Gasteiger partial charge in [-0.2, -0.15) is 9.78 Å². The zero-order valence-corrected chi connectivity index (χ0v) is 17.6. The molecule has 0 saturated carbocycles. The highest BCUT2D eigenvalue weighted by molar-refractivity contribution is 9.10. The third kappa shape index (κ3) is 4.20. The SMILES string of the molecule is CN1C(=O)[C@@H](NC(=O)n2cc(Cc3ccc(F)cc3)cn2)COc2ccc(Br)cc21. The van der Waals surface area contributed by atoms with Crippen molar-refractivity contribution < 1.29 is 18.7 Å². The molecule has 1 atom stereocenters. The Balaban J connectivity index is 1.44. The minimum atomic E-state index is -0.863. The van der Waals surface area contributed by atoms with Crippen molar-refractivity contribution in [3.8, 4) is 5.75 Å². The van der Waals surface area contributed by atoms with Crippen LogP contribution in [0.15, 0.2) is 59.3 Å². The minimum absolute atomic E-state index is 0.00719. The molecule has 7 nitrogen and oxygen atoms in total. The molecule has 4 rings (SSSR count). The number of benzene rings is 2. The number of nitrogens with zero attached hydrogens (tertiary/aromatic N) is 3. The number of likely N-dealkylation sites (N-methyl/N-ethyl adjacent to an activating group) is 1. The molecule has 1 aromatic heterocycles. The number of fused-ring (bicyclic) bond motifs is 1. The summed E-state index contributed by atoms with van der Waals surface area (Å²) < 4.78 is 20.7. The Kier molecular flexibility index (Phi) is 5.54. The molecular weight excluding hydrogens is 455 g/mol. The highest BCUT2D eigenvalue weighted by atomic mass is 79.9. The van der Waals surface area contributed by atoms with E-state index >= 15 is 0 Å². The van der Waals surface area contributed by atoms with Crippen LogP contribution < -0.4 is 15.0 Å². The fourth-order valence-electron chi connectivity index (χ4n) is 3.19. The van der Waals surface area contributed by atoms with Crippen molar-refractivity contribution in [1.29, 1.82) is 0 Å². The monoisotopic (exact) mass is 472 g/mol. The van der Waals surface area contributed by atoms with E-state index in [9.17, 15) is 14.0 Å². The number of hydrogen-bond donors (Lipinski definition) is 1. The molecule has 1 aliphatic rings. The molecule has 9 heteroatoms. The predicted molar refractivity (Wildman–Crippen MR) is 112 cm³/mol. The molecule has 154 valence electrons. The molecule has 1 aliphatic heterocycles. The van der Waals surface area contributed by atoms with Crippen molar-refractivity contribution in [3.05, 3.63) is 76.3 Å². The summed E-state index contributed by atoms with van der Waals surface area (Å²) in [5, 5.41) is 6.75. The molecule has 1 N–H and O–H groups in total. The van der Waals surface area contributed by atoms with E-state index in [4.69, 9.17) is 4.74 Å². The van der Waals surface area contributed by atoms with Crippen molar-refractivity contribution in [2.75, 3.05) is 18.6 Å². The van der Waals surface area contributed by atoms with Gasteiger partial charge in [-0.3, -0.25) is 4.79 Å². The highest BCUT2D eigenvalue weighted by Gasteiger charge is 2.31. The molecule has 0 fully saturated rings. The molecule has 2 aromatic carbocycles. The third-order valence-electron chi connectivity index (χ3n) is 4.78. The first-order chi connectivity index (χ1) is 14.4. The number of hydrogen-bond acceptors (Lipinski definition) is 4. The van der Waals surface area contributed by atoms with E-state index in [2.05, 4.69) is 26.3 Å². The maximum atomic E-state index is 13.0. The number of aromatic nitrogens is 2. The van der Waals surface area contributed by atoms with E-state index in [1.54, 1.807) is 43.7 Å². The van der Waals surface area contributed by atoms with Gasteiger partial charge in [-0.25, -0.2) is 9.18 Å². The van der Waals surface area contributed by atoms with Gasteiger partial charge >= 0.3 is 6.03 Å². The molecule has 2 heterocycles. The van der Waals surface area contributed by atoms with E-state index < -0.39 is 12.1 Å². The zero-order chi connectivity index (χ0) is 21.3. The van der Waals surface area contributed by atoms with E-state index in [0.29, 0.717) is 17.9 Å². The van der Waals surface area contributed by atoms with Gasteiger partial charge in [0.1, 0.15) is 24.2 Å². The van der Waals surface area contributed by atoms with Gasteiger partial charge < -0.3 is 15.0 Å². The molecule has 0 radical (unpaired) electrons. The first kappa shape index (κ1) is 20.1. The van der Waals surface area contributed by atoms with Gasteiger partial charge in [-0.15, -0.1) is 0 Å². The lowest BCUT2D eigenvalue weighted by Gasteiger charge is -2.20. The van der Waals surface area contributed by atoms with Gasteiger partial charge in [0.15, 0.2) is 0 Å². The van der Waals surface area contributed by atoms with Crippen molar-refractivity contribution in [2.45, 2.75) is 12.5 Å². The summed E-state index contributed by atoms with van der Waals surface area (Å²) in [6, 6.07) is 10.1. The first-order valence-corrected chi connectivity index (χ1v) is 9.99. The topological polar surface area (TPSA) is 76.5 Å². The summed E-state index contributed by atoms with van der Waals surface area (Å²) in [6.45, 7) is 0.00719. The molecule has 0 spiro atoms. The minimum Gasteiger partial charge on any atom is -0.489 e. The Morgan fingerprint density at radius 2 is 2.03 bits per heavy atom. The largest absolute Gasteiger partial charge is 0.489 e. The summed E-state index contributed by atoms with van der Waals surface area (Å²) in [5.41, 5.74) is 2.30. The quantitative estimate of drug-likeness (QED) is 0.633. The van der Waals surface area contributed by atoms with Crippen LogP contribution in [0.5, 0.6) is 5.75 Å². The van der Waals surface area contributed by atoms with Crippen molar-refractivity contribution in [2.24, 2.45) is 0 Å². The van der Waals surface area contributed by atoms with Crippen LogP contribution in [0, 0.1) is 5.82 Å². The molecule has 30 heavy (non-hydrogen) atoms. The maximum absolute atomic E-state index is 13.0. The summed E-state index contributed by atoms with van der Waals surface area (Å²) in [6.07, 6.45) is 3.65. The molecule has 0 unspecified atom stereocenters. The fourth-order valence-corrected chi connectivity index (χ4v) is 3.54. The normalized spacial score (nSPS) is 15.9. The third-order valence-corrected chi connectivity index (χ3v) is 5.27. The highest BCUT2D eigenvalue weighted by Crippen LogP contribution is 2.33. The average Bonchev–Trinajstić information content (AvgIpc) is 3.17. The van der Waals surface area contributed by atoms with Gasteiger partial charge in [0.05, 0.1) is 11.9 Å². The van der Waals surface area contributed by atoms with Gasteiger partial charge in [-0.1, -0.05) is 28.1 Å². The Morgan fingerprint density at radius 1 is 1.27 bits per heavy atom. The van der Waals surface area contributed by atoms with Gasteiger partial charge in [0.25, 0.3) is 5.91 Å². The molecular formula is C21H18BrFN4O3. The fraction of sp³-hybridized carbons (Fsp3) is 0.190. The number of carbonyl (C=O) groups excluding carboxylic acids is 2. The van der Waals surface area contributed by atoms with Crippen molar-refractivity contribution in [3.63, 3.8) is 0 Å². The number of anilines is 1. The van der Waals surface area contributed by atoms with Crippen molar-refractivity contribution in [1.82, 2.24) is 15.1 Å². The van der Waals surface area contributed by atoms with Gasteiger partial charge in [-0.05, 0) is 41.5 Å². The van der Waals surface area contributed by atoms with Crippen LogP contribution in [0.3, 0.4) is 0 Å². The molecule has 2 amide bonds. The van der Waals surface area contributed by atoms with Crippen LogP contribution in [0.4, 0.5) is 14.9 Å². The van der Waals surface area contributed by atoms with Crippen LogP contribution >= 0.6 is 15.9 Å². The van der Waals surface area contributed by atoms with E-state index in [1.807, 2.05) is 6.07 Å². The summed E-state index contributed by atoms with van der Waals surface area (Å²) in [7, 11) is 1.64. The number of amides is 2. The Hall–Kier alpha value is -3.20. The second kappa shape index (κ2) is 8.27. The zero-order valence-electron chi connectivity index (χ0n) is 16.0. The summed E-state index contributed by atoms with van der Waals surface area (Å²) in [5.74, 6) is -0.0334. The molecule has 0 aliphatic carbocycles. The lowest BCUT2D eigenvalue weighted by atomic mass is 10.1. The summed E-state index contributed by atoms with van der Waals surface area (Å²) >= 11 is 3.39. The predicted octanol–water partition coefficient (Wildman–Crippen LogP) is 3.36. The van der Waals surface area contributed by atoms with Gasteiger partial charge in [0, 0.05) is 24.1 Å². The van der Waals surface area contributed by atoms with E-state index in [0.717, 1.165) is 20.3 Å². The lowest BCUT2D eigenvalue weighted by Crippen LogP contribution is -2.50. The second-order valence-corrected chi connectivity index (χ2v) is 7.83. The maximum Gasteiger partial charge on any atom is 0.342 e. The van der Waals surface area contributed by atoms with Crippen LogP contribution in [-0.2, 0) is 11.2 Å². The van der Waals surface area contributed by atoms with E-state index in [-0.39, 0.29) is 18.3 Å². The number of carbonyl (C=O) groups is 2. The molecule has 3 aromatic rings. The van der Waals surface area contributed by atoms with Crippen LogP contribution in [-0.4, -0.2) is 41.4 Å². The van der Waals surface area contributed by atoms with Gasteiger partial charge in [0.2, 0.25) is 0 Å². The molecule has 0 bridgehead atoms. The Labute approximate surface area is 180 Å². The van der Waals surface area contributed by atoms with Crippen LogP contribution in [0.2, 0.25) is 0 Å². The number of halogens is 2. The smallest absolute Gasteiger partial charge is 0.342 e. The molecule has 0 saturated heterocycles.